The van der Waals surface area contributed by atoms with E-state index in [1.165, 1.54) is 17.9 Å². The molecule has 27 heavy (non-hydrogen) atoms. The lowest BCUT2D eigenvalue weighted by molar-refractivity contribution is -0.117. The van der Waals surface area contributed by atoms with Crippen LogP contribution in [-0.4, -0.2) is 48.1 Å². The van der Waals surface area contributed by atoms with E-state index in [0.29, 0.717) is 17.9 Å². The zero-order chi connectivity index (χ0) is 19.4. The van der Waals surface area contributed by atoms with E-state index in [1.54, 1.807) is 24.3 Å². The fraction of sp³-hybridized carbons (Fsp3) is 0.316. The number of methoxy groups -OCH3 is 1. The zero-order valence-corrected chi connectivity index (χ0v) is 15.1. The second-order valence-electron chi connectivity index (χ2n) is 6.36. The Kier molecular flexibility index (Phi) is 5.43. The molecular weight excluding hydrogens is 346 g/mol. The zero-order valence-electron chi connectivity index (χ0n) is 15.1. The van der Waals surface area contributed by atoms with Crippen LogP contribution >= 0.6 is 0 Å². The smallest absolute Gasteiger partial charge is 0.357 e. The van der Waals surface area contributed by atoms with Gasteiger partial charge < -0.3 is 20.4 Å². The summed E-state index contributed by atoms with van der Waals surface area (Å²) in [5.41, 5.74) is 7.42. The Balaban J connectivity index is 1.86. The van der Waals surface area contributed by atoms with Crippen molar-refractivity contribution in [2.45, 2.75) is 12.8 Å². The van der Waals surface area contributed by atoms with Gasteiger partial charge in [0.05, 0.1) is 24.9 Å². The number of amides is 1. The third-order valence-electron chi connectivity index (χ3n) is 4.52. The van der Waals surface area contributed by atoms with Gasteiger partial charge in [-0.15, -0.1) is 0 Å². The summed E-state index contributed by atoms with van der Waals surface area (Å²) >= 11 is 0. The predicted octanol–water partition coefficient (Wildman–Crippen LogP) is 1.75. The van der Waals surface area contributed by atoms with Crippen LogP contribution in [0.15, 0.2) is 30.5 Å². The van der Waals surface area contributed by atoms with Gasteiger partial charge in [-0.25, -0.2) is 4.79 Å². The van der Waals surface area contributed by atoms with Gasteiger partial charge in [-0.2, -0.15) is 5.26 Å². The molecule has 1 aromatic carbocycles. The average molecular weight is 367 g/mol. The maximum Gasteiger partial charge on any atom is 0.357 e. The number of nitrogens with two attached hydrogens (primary N) is 1. The molecule has 2 aromatic rings. The number of nitrogen functional groups attached to an aromatic ring is 1. The fourth-order valence-corrected chi connectivity index (χ4v) is 3.20. The van der Waals surface area contributed by atoms with Gasteiger partial charge >= 0.3 is 5.97 Å². The average Bonchev–Trinajstić information content (AvgIpc) is 3.28. The van der Waals surface area contributed by atoms with Gasteiger partial charge in [0, 0.05) is 17.6 Å². The number of nitriles is 1. The minimum Gasteiger partial charge on any atom is -0.464 e. The molecule has 8 nitrogen and oxygen atoms in total. The first-order valence-electron chi connectivity index (χ1n) is 8.65. The summed E-state index contributed by atoms with van der Waals surface area (Å²) in [7, 11) is 1.25. The summed E-state index contributed by atoms with van der Waals surface area (Å²) in [6.45, 7) is 2.23. The SMILES string of the molecule is COC(=O)c1c(N)c(C#N)cn1-c1cccc(NC(=O)CN2CCCC2)c1. The van der Waals surface area contributed by atoms with Crippen LogP contribution in [0, 0.1) is 11.3 Å². The summed E-state index contributed by atoms with van der Waals surface area (Å²) < 4.78 is 6.28. The molecule has 0 atom stereocenters. The van der Waals surface area contributed by atoms with Gasteiger partial charge in [-0.05, 0) is 44.1 Å². The van der Waals surface area contributed by atoms with Gasteiger partial charge in [0.25, 0.3) is 0 Å². The molecule has 0 spiro atoms. The molecule has 1 aliphatic rings. The van der Waals surface area contributed by atoms with Crippen LogP contribution in [0.4, 0.5) is 11.4 Å². The van der Waals surface area contributed by atoms with E-state index in [9.17, 15) is 14.9 Å². The van der Waals surface area contributed by atoms with Crippen molar-refractivity contribution < 1.29 is 14.3 Å². The molecule has 0 saturated carbocycles. The summed E-state index contributed by atoms with van der Waals surface area (Å²) in [5.74, 6) is -0.732. The number of anilines is 2. The van der Waals surface area contributed by atoms with Gasteiger partial charge in [0.1, 0.15) is 6.07 Å². The van der Waals surface area contributed by atoms with Crippen molar-refractivity contribution in [2.75, 3.05) is 37.8 Å². The van der Waals surface area contributed by atoms with Crippen LogP contribution < -0.4 is 11.1 Å². The lowest BCUT2D eigenvalue weighted by Gasteiger charge is -2.15. The highest BCUT2D eigenvalue weighted by Crippen LogP contribution is 2.26. The third-order valence-corrected chi connectivity index (χ3v) is 4.52. The van der Waals surface area contributed by atoms with Crippen LogP contribution in [0.5, 0.6) is 0 Å². The van der Waals surface area contributed by atoms with Crippen molar-refractivity contribution in [3.05, 3.63) is 41.7 Å². The van der Waals surface area contributed by atoms with Gasteiger partial charge in [-0.1, -0.05) is 6.07 Å². The maximum atomic E-state index is 12.2. The number of carbonyl (C=O) groups excluding carboxylic acids is 2. The Morgan fingerprint density at radius 3 is 2.74 bits per heavy atom. The number of nitrogens with one attached hydrogen (secondary N) is 1. The normalized spacial score (nSPS) is 13.9. The Hall–Kier alpha value is -3.31. The van der Waals surface area contributed by atoms with E-state index < -0.39 is 5.97 Å². The van der Waals surface area contributed by atoms with E-state index in [-0.39, 0.29) is 22.9 Å². The minimum atomic E-state index is -0.641. The van der Waals surface area contributed by atoms with Crippen LogP contribution in [0.25, 0.3) is 5.69 Å². The molecule has 0 bridgehead atoms. The first-order chi connectivity index (χ1) is 13.0. The Labute approximate surface area is 157 Å². The van der Waals surface area contributed by atoms with Crippen molar-refractivity contribution in [1.82, 2.24) is 9.47 Å². The second kappa shape index (κ2) is 7.93. The molecule has 1 fully saturated rings. The molecule has 0 radical (unpaired) electrons. The highest BCUT2D eigenvalue weighted by Gasteiger charge is 2.22. The molecule has 140 valence electrons. The van der Waals surface area contributed by atoms with Gasteiger partial charge in [0.15, 0.2) is 5.69 Å². The van der Waals surface area contributed by atoms with Crippen LogP contribution in [-0.2, 0) is 9.53 Å². The van der Waals surface area contributed by atoms with E-state index >= 15 is 0 Å². The summed E-state index contributed by atoms with van der Waals surface area (Å²) in [6, 6.07) is 8.95. The largest absolute Gasteiger partial charge is 0.464 e. The summed E-state index contributed by atoms with van der Waals surface area (Å²) in [6.07, 6.45) is 3.72. The summed E-state index contributed by atoms with van der Waals surface area (Å²) in [5, 5.41) is 12.1. The molecule has 1 amide bonds. The molecule has 1 saturated heterocycles. The molecule has 0 unspecified atom stereocenters. The van der Waals surface area contributed by atoms with Crippen LogP contribution in [0.3, 0.4) is 0 Å². The molecule has 1 aromatic heterocycles. The molecule has 0 aliphatic carbocycles. The first-order valence-corrected chi connectivity index (χ1v) is 8.65. The second-order valence-corrected chi connectivity index (χ2v) is 6.36. The van der Waals surface area contributed by atoms with Gasteiger partial charge in [-0.3, -0.25) is 9.69 Å². The van der Waals surface area contributed by atoms with E-state index in [4.69, 9.17) is 10.5 Å². The highest BCUT2D eigenvalue weighted by molar-refractivity contribution is 5.96. The van der Waals surface area contributed by atoms with Crippen molar-refractivity contribution in [3.63, 3.8) is 0 Å². The molecule has 3 N–H and O–H groups in total. The summed E-state index contributed by atoms with van der Waals surface area (Å²) in [4.78, 5) is 26.5. The minimum absolute atomic E-state index is 0.0628. The monoisotopic (exact) mass is 367 g/mol. The number of hydrogen-bond acceptors (Lipinski definition) is 6. The van der Waals surface area contributed by atoms with Crippen LogP contribution in [0.1, 0.15) is 28.9 Å². The lowest BCUT2D eigenvalue weighted by atomic mass is 10.2. The maximum absolute atomic E-state index is 12.2. The Morgan fingerprint density at radius 1 is 1.33 bits per heavy atom. The first kappa shape index (κ1) is 18.5. The quantitative estimate of drug-likeness (QED) is 0.779. The highest BCUT2D eigenvalue weighted by atomic mass is 16.5. The lowest BCUT2D eigenvalue weighted by Crippen LogP contribution is -2.30. The molecule has 1 aliphatic heterocycles. The number of carbonyl (C=O) groups is 2. The third kappa shape index (κ3) is 3.93. The van der Waals surface area contributed by atoms with Crippen molar-refractivity contribution in [2.24, 2.45) is 0 Å². The van der Waals surface area contributed by atoms with E-state index in [1.807, 2.05) is 6.07 Å². The number of rotatable bonds is 5. The predicted molar refractivity (Wildman–Crippen MR) is 101 cm³/mol. The van der Waals surface area contributed by atoms with Gasteiger partial charge in [0.2, 0.25) is 5.91 Å². The molecule has 8 heteroatoms. The Bertz CT molecular complexity index is 907. The molecular formula is C19H21N5O3. The topological polar surface area (TPSA) is 113 Å². The molecule has 2 heterocycles. The fourth-order valence-electron chi connectivity index (χ4n) is 3.20. The van der Waals surface area contributed by atoms with Crippen LogP contribution in [0.2, 0.25) is 0 Å². The number of benzene rings is 1. The van der Waals surface area contributed by atoms with E-state index in [0.717, 1.165) is 25.9 Å². The number of likely N-dealkylation sites (tertiary alicyclic amines) is 1. The standard InChI is InChI=1S/C19H21N5O3/c1-27-19(26)18-17(21)13(10-20)11-24(18)15-6-4-5-14(9-15)22-16(25)12-23-7-2-3-8-23/h4-6,9,11H,2-3,7-8,12,21H2,1H3,(H,22,25). The number of nitrogens with zero attached hydrogens (tertiary/aromatic N) is 3. The number of esters is 1. The van der Waals surface area contributed by atoms with Crippen molar-refractivity contribution in [3.8, 4) is 11.8 Å². The van der Waals surface area contributed by atoms with E-state index in [2.05, 4.69) is 10.2 Å². The number of aromatic nitrogens is 1. The van der Waals surface area contributed by atoms with Crippen molar-refractivity contribution >= 4 is 23.3 Å². The number of ether oxygens (including phenoxy) is 1. The Morgan fingerprint density at radius 2 is 2.07 bits per heavy atom. The van der Waals surface area contributed by atoms with Crippen molar-refractivity contribution in [1.29, 1.82) is 5.26 Å². The number of hydrogen-bond donors (Lipinski definition) is 2. The molecule has 3 rings (SSSR count).